The molecule has 0 saturated heterocycles. The van der Waals surface area contributed by atoms with E-state index in [4.69, 9.17) is 5.73 Å². The molecule has 2 N–H and O–H groups in total. The molecule has 4 nitrogen and oxygen atoms in total. The van der Waals surface area contributed by atoms with Gasteiger partial charge in [-0.05, 0) is 49.4 Å². The second-order valence-corrected chi connectivity index (χ2v) is 7.24. The normalized spacial score (nSPS) is 23.9. The zero-order chi connectivity index (χ0) is 15.5. The lowest BCUT2D eigenvalue weighted by atomic mass is 10.1. The molecule has 116 valence electrons. The number of nitrogens with two attached hydrogens (primary N) is 1. The molecule has 1 aliphatic carbocycles. The first-order valence-corrected chi connectivity index (χ1v) is 8.82. The van der Waals surface area contributed by atoms with Crippen LogP contribution < -0.4 is 16.3 Å². The van der Waals surface area contributed by atoms with Gasteiger partial charge in [0.25, 0.3) is 5.91 Å². The van der Waals surface area contributed by atoms with Gasteiger partial charge in [0.2, 0.25) is 0 Å². The number of hydrogen-bond donors (Lipinski definition) is 1. The summed E-state index contributed by atoms with van der Waals surface area (Å²) in [5.74, 6) is 1.89. The first-order valence-electron chi connectivity index (χ1n) is 7.77. The number of benzene rings is 1. The van der Waals surface area contributed by atoms with Crippen LogP contribution >= 0.6 is 11.8 Å². The predicted octanol–water partition coefficient (Wildman–Crippen LogP) is 1.52. The molecule has 1 amide bonds. The maximum atomic E-state index is 12.1. The number of aliphatic imine (C=N–C) groups is 1. The summed E-state index contributed by atoms with van der Waals surface area (Å²) in [7, 11) is 0. The lowest BCUT2D eigenvalue weighted by Gasteiger charge is -2.12. The van der Waals surface area contributed by atoms with Crippen LogP contribution in [0.25, 0.3) is 6.58 Å². The van der Waals surface area contributed by atoms with E-state index in [0.29, 0.717) is 27.8 Å². The smallest absolute Gasteiger partial charge is 0.280 e. The Labute approximate surface area is 134 Å². The van der Waals surface area contributed by atoms with Gasteiger partial charge in [0.1, 0.15) is 5.84 Å². The van der Waals surface area contributed by atoms with Crippen molar-refractivity contribution in [1.82, 2.24) is 0 Å². The molecule has 0 spiro atoms. The van der Waals surface area contributed by atoms with Gasteiger partial charge in [-0.3, -0.25) is 4.79 Å². The minimum Gasteiger partial charge on any atom is -0.330 e. The van der Waals surface area contributed by atoms with Crippen LogP contribution in [-0.4, -0.2) is 29.3 Å². The molecule has 0 unspecified atom stereocenters. The van der Waals surface area contributed by atoms with Gasteiger partial charge in [-0.15, -0.1) is 0 Å². The molecule has 5 heteroatoms. The number of thioether (sulfide) groups is 1. The number of carbonyl (C=O) groups is 1. The maximum absolute atomic E-state index is 12.1. The Kier molecular flexibility index (Phi) is 4.74. The topological polar surface area (TPSA) is 67.8 Å². The average Bonchev–Trinajstić information content (AvgIpc) is 2.94. The highest BCUT2D eigenvalue weighted by Crippen LogP contribution is 2.35. The molecule has 0 aromatic heterocycles. The standard InChI is InChI=1S/C17H21N3OS/c1-11-3-2-4-14-16(11)19-15(20-17(14)21)10-22-13-6-5-12(9-13)7-8-18/h2-4,12-13H,1,5-10,18H2/t12-,13+/m0/s1. The molecule has 1 fully saturated rings. The molecule has 1 saturated carbocycles. The Bertz CT molecular complexity index is 713. The van der Waals surface area contributed by atoms with E-state index in [-0.39, 0.29) is 5.91 Å². The van der Waals surface area contributed by atoms with E-state index in [1.54, 1.807) is 6.07 Å². The molecule has 0 radical (unpaired) electrons. The van der Waals surface area contributed by atoms with Crippen molar-refractivity contribution in [2.75, 3.05) is 12.3 Å². The van der Waals surface area contributed by atoms with Crippen molar-refractivity contribution >= 4 is 30.1 Å². The van der Waals surface area contributed by atoms with E-state index in [0.717, 1.165) is 24.1 Å². The van der Waals surface area contributed by atoms with Gasteiger partial charge < -0.3 is 5.73 Å². The van der Waals surface area contributed by atoms with E-state index >= 15 is 0 Å². The second kappa shape index (κ2) is 6.75. The largest absolute Gasteiger partial charge is 0.330 e. The third-order valence-corrected chi connectivity index (χ3v) is 5.66. The highest BCUT2D eigenvalue weighted by Gasteiger charge is 2.25. The fourth-order valence-corrected chi connectivity index (χ4v) is 4.39. The lowest BCUT2D eigenvalue weighted by molar-refractivity contribution is 0.1000. The van der Waals surface area contributed by atoms with Gasteiger partial charge in [0.15, 0.2) is 0 Å². The minimum absolute atomic E-state index is 0.196. The number of carbonyl (C=O) groups excluding carboxylic acids is 1. The van der Waals surface area contributed by atoms with E-state index in [2.05, 4.69) is 16.6 Å². The van der Waals surface area contributed by atoms with Crippen LogP contribution in [0.3, 0.4) is 0 Å². The Morgan fingerprint density at radius 2 is 2.18 bits per heavy atom. The zero-order valence-electron chi connectivity index (χ0n) is 12.6. The van der Waals surface area contributed by atoms with Crippen LogP contribution in [-0.2, 0) is 0 Å². The fourth-order valence-electron chi connectivity index (χ4n) is 3.16. The molecule has 3 rings (SSSR count). The minimum atomic E-state index is -0.196. The molecular weight excluding hydrogens is 294 g/mol. The molecule has 1 aromatic rings. The molecule has 22 heavy (non-hydrogen) atoms. The van der Waals surface area contributed by atoms with Crippen LogP contribution in [0, 0.1) is 5.92 Å². The third kappa shape index (κ3) is 3.31. The highest BCUT2D eigenvalue weighted by atomic mass is 32.2. The summed E-state index contributed by atoms with van der Waals surface area (Å²) >= 11 is 1.86. The van der Waals surface area contributed by atoms with Crippen molar-refractivity contribution in [3.63, 3.8) is 0 Å². The van der Waals surface area contributed by atoms with Crippen molar-refractivity contribution in [3.8, 4) is 0 Å². The Morgan fingerprint density at radius 3 is 3.00 bits per heavy atom. The summed E-state index contributed by atoms with van der Waals surface area (Å²) in [5, 5.41) is 2.11. The first-order chi connectivity index (χ1) is 10.7. The molecular formula is C17H21N3OS. The fraction of sp³-hybridized carbons (Fsp3) is 0.471. The van der Waals surface area contributed by atoms with Crippen LogP contribution in [0.5, 0.6) is 0 Å². The van der Waals surface area contributed by atoms with Gasteiger partial charge in [0.05, 0.1) is 16.7 Å². The predicted molar refractivity (Wildman–Crippen MR) is 91.8 cm³/mol. The summed E-state index contributed by atoms with van der Waals surface area (Å²) in [6, 6.07) is 5.46. The van der Waals surface area contributed by atoms with Gasteiger partial charge in [-0.1, -0.05) is 18.7 Å². The lowest BCUT2D eigenvalue weighted by Crippen LogP contribution is -2.34. The van der Waals surface area contributed by atoms with E-state index < -0.39 is 0 Å². The van der Waals surface area contributed by atoms with E-state index in [1.165, 1.54) is 19.3 Å². The molecule has 1 aromatic carbocycles. The summed E-state index contributed by atoms with van der Waals surface area (Å²) in [6.45, 7) is 4.73. The number of amidine groups is 1. The number of hydrogen-bond acceptors (Lipinski definition) is 4. The first kappa shape index (κ1) is 15.4. The summed E-state index contributed by atoms with van der Waals surface area (Å²) in [5.41, 5.74) is 6.20. The van der Waals surface area contributed by atoms with Crippen molar-refractivity contribution in [1.29, 1.82) is 0 Å². The third-order valence-electron chi connectivity index (χ3n) is 4.34. The van der Waals surface area contributed by atoms with Crippen molar-refractivity contribution in [2.24, 2.45) is 21.6 Å². The second-order valence-electron chi connectivity index (χ2n) is 5.95. The van der Waals surface area contributed by atoms with Gasteiger partial charge in [-0.25, -0.2) is 4.99 Å². The number of amides is 1. The highest BCUT2D eigenvalue weighted by molar-refractivity contribution is 8.00. The Morgan fingerprint density at radius 1 is 1.32 bits per heavy atom. The van der Waals surface area contributed by atoms with Gasteiger partial charge in [-0.2, -0.15) is 16.8 Å². The van der Waals surface area contributed by atoms with Crippen LogP contribution in [0.1, 0.15) is 36.0 Å². The zero-order valence-corrected chi connectivity index (χ0v) is 13.4. The number of para-hydroxylation sites is 1. The van der Waals surface area contributed by atoms with Crippen LogP contribution in [0.4, 0.5) is 0 Å². The summed E-state index contributed by atoms with van der Waals surface area (Å²) in [6.07, 6.45) is 4.84. The summed E-state index contributed by atoms with van der Waals surface area (Å²) in [4.78, 5) is 20.7. The number of fused-ring (bicyclic) bond motifs is 1. The SMILES string of the molecule is C=c1cccc2c1=NC(CS[C@@H]1CC[C@@H](CCN)C1)=NC2=O. The molecule has 1 heterocycles. The molecule has 1 aliphatic heterocycles. The maximum Gasteiger partial charge on any atom is 0.280 e. The van der Waals surface area contributed by atoms with Crippen molar-refractivity contribution < 1.29 is 4.79 Å². The van der Waals surface area contributed by atoms with Crippen LogP contribution in [0.2, 0.25) is 0 Å². The molecule has 0 bridgehead atoms. The molecule has 2 aliphatic rings. The van der Waals surface area contributed by atoms with E-state index in [9.17, 15) is 4.79 Å². The molecule has 2 atom stereocenters. The van der Waals surface area contributed by atoms with Gasteiger partial charge >= 0.3 is 0 Å². The Balaban J connectivity index is 1.67. The average molecular weight is 315 g/mol. The quantitative estimate of drug-likeness (QED) is 0.896. The summed E-state index contributed by atoms with van der Waals surface area (Å²) < 4.78 is 0. The van der Waals surface area contributed by atoms with E-state index in [1.807, 2.05) is 23.9 Å². The Hall–Kier alpha value is -1.46. The number of nitrogens with zero attached hydrogens (tertiary/aromatic N) is 2. The van der Waals surface area contributed by atoms with Crippen molar-refractivity contribution in [2.45, 2.75) is 30.9 Å². The number of rotatable bonds is 5. The van der Waals surface area contributed by atoms with Gasteiger partial charge in [0, 0.05) is 5.25 Å². The van der Waals surface area contributed by atoms with Crippen molar-refractivity contribution in [3.05, 3.63) is 34.3 Å². The monoisotopic (exact) mass is 315 g/mol. The van der Waals surface area contributed by atoms with Crippen LogP contribution in [0.15, 0.2) is 28.2 Å².